The van der Waals surface area contributed by atoms with E-state index in [4.69, 9.17) is 19.4 Å². The normalized spacial score (nSPS) is 11.9. The van der Waals surface area contributed by atoms with Crippen LogP contribution in [0, 0.1) is 0 Å². The fraction of sp³-hybridized carbons (Fsp3) is 0. The number of para-hydroxylation sites is 1. The third-order valence-corrected chi connectivity index (χ3v) is 12.4. The number of nitrogens with zero attached hydrogens (tertiary/aromatic N) is 4. The molecule has 5 nitrogen and oxygen atoms in total. The van der Waals surface area contributed by atoms with Crippen molar-refractivity contribution in [2.45, 2.75) is 0 Å². The number of hydrogen-bond donors (Lipinski definition) is 0. The minimum Gasteiger partial charge on any atom is -0.456 e. The van der Waals surface area contributed by atoms with Gasteiger partial charge in [0.1, 0.15) is 11.2 Å². The lowest BCUT2D eigenvalue weighted by molar-refractivity contribution is 0.668. The van der Waals surface area contributed by atoms with E-state index >= 15 is 0 Å². The van der Waals surface area contributed by atoms with E-state index in [1.165, 1.54) is 43.4 Å². The molecule has 0 radical (unpaired) electrons. The van der Waals surface area contributed by atoms with Crippen LogP contribution in [0.4, 0.5) is 0 Å². The topological polar surface area (TPSA) is 56.7 Å². The summed E-state index contributed by atoms with van der Waals surface area (Å²) in [5.74, 6) is 1.82. The van der Waals surface area contributed by atoms with Crippen LogP contribution in [0.1, 0.15) is 0 Å². The highest BCUT2D eigenvalue weighted by atomic mass is 16.3. The Morgan fingerprint density at radius 2 is 0.839 bits per heavy atom. The molecule has 0 saturated carbocycles. The fourth-order valence-corrected chi connectivity index (χ4v) is 9.43. The number of aromatic nitrogens is 4. The Morgan fingerprint density at radius 3 is 1.52 bits per heavy atom. The molecule has 0 atom stereocenters. The molecule has 0 spiro atoms. The van der Waals surface area contributed by atoms with Gasteiger partial charge in [-0.25, -0.2) is 15.0 Å². The van der Waals surface area contributed by atoms with Crippen LogP contribution in [0.25, 0.3) is 127 Å². The van der Waals surface area contributed by atoms with E-state index in [0.717, 1.165) is 66.1 Å². The third kappa shape index (κ3) is 5.45. The molecule has 0 aliphatic carbocycles. The SMILES string of the molecule is c1ccc(-c2cc3c(c4ccccc24)c2ccccc2n3-c2ccc3c(c2)oc2cc(-c4nc(-c5ccc6ccccc6c5)nc(-c5ccc6ccccc6c5)n4)ccc23)cc1. The zero-order valence-electron chi connectivity index (χ0n) is 33.3. The van der Waals surface area contributed by atoms with Gasteiger partial charge in [0, 0.05) is 50.0 Å². The number of rotatable bonds is 5. The van der Waals surface area contributed by atoms with Gasteiger partial charge in [-0.05, 0) is 92.0 Å². The number of benzene rings is 10. The van der Waals surface area contributed by atoms with Gasteiger partial charge in [-0.3, -0.25) is 0 Å². The maximum Gasteiger partial charge on any atom is 0.164 e. The van der Waals surface area contributed by atoms with E-state index in [-0.39, 0.29) is 0 Å². The molecule has 0 unspecified atom stereocenters. The molecular weight excluding hydrogens is 757 g/mol. The molecule has 0 fully saturated rings. The van der Waals surface area contributed by atoms with Crippen molar-refractivity contribution in [1.82, 2.24) is 19.5 Å². The first-order valence-electron chi connectivity index (χ1n) is 20.9. The van der Waals surface area contributed by atoms with Crippen LogP contribution < -0.4 is 0 Å². The Labute approximate surface area is 355 Å². The molecule has 5 heteroatoms. The fourth-order valence-electron chi connectivity index (χ4n) is 9.43. The summed E-state index contributed by atoms with van der Waals surface area (Å²) in [5, 5.41) is 11.6. The zero-order valence-corrected chi connectivity index (χ0v) is 33.3. The van der Waals surface area contributed by atoms with Crippen molar-refractivity contribution >= 4 is 76.1 Å². The Bertz CT molecular complexity index is 3840. The van der Waals surface area contributed by atoms with Gasteiger partial charge in [0.05, 0.1) is 11.0 Å². The van der Waals surface area contributed by atoms with Crippen molar-refractivity contribution in [2.24, 2.45) is 0 Å². The predicted molar refractivity (Wildman–Crippen MR) is 256 cm³/mol. The molecule has 3 aromatic heterocycles. The van der Waals surface area contributed by atoms with Crippen molar-refractivity contribution in [3.8, 4) is 51.0 Å². The molecule has 0 saturated heterocycles. The van der Waals surface area contributed by atoms with Crippen molar-refractivity contribution in [3.63, 3.8) is 0 Å². The lowest BCUT2D eigenvalue weighted by Crippen LogP contribution is -2.00. The van der Waals surface area contributed by atoms with Gasteiger partial charge >= 0.3 is 0 Å². The Balaban J connectivity index is 0.973. The van der Waals surface area contributed by atoms with Crippen LogP contribution in [-0.2, 0) is 0 Å². The highest BCUT2D eigenvalue weighted by Gasteiger charge is 2.20. The third-order valence-electron chi connectivity index (χ3n) is 12.4. The van der Waals surface area contributed by atoms with Gasteiger partial charge in [-0.2, -0.15) is 0 Å². The van der Waals surface area contributed by atoms with Crippen molar-refractivity contribution < 1.29 is 4.42 Å². The summed E-state index contributed by atoms with van der Waals surface area (Å²) in [7, 11) is 0. The number of fused-ring (bicyclic) bond motifs is 10. The first kappa shape index (κ1) is 34.5. The van der Waals surface area contributed by atoms with E-state index in [1.807, 2.05) is 0 Å². The summed E-state index contributed by atoms with van der Waals surface area (Å²) < 4.78 is 9.17. The van der Waals surface area contributed by atoms with Gasteiger partial charge in [0.25, 0.3) is 0 Å². The lowest BCUT2D eigenvalue weighted by atomic mass is 9.95. The smallest absolute Gasteiger partial charge is 0.164 e. The van der Waals surface area contributed by atoms with Crippen LogP contribution >= 0.6 is 0 Å². The molecule has 13 aromatic rings. The van der Waals surface area contributed by atoms with E-state index in [9.17, 15) is 0 Å². The van der Waals surface area contributed by atoms with Gasteiger partial charge in [-0.1, -0.05) is 152 Å². The summed E-state index contributed by atoms with van der Waals surface area (Å²) in [6.45, 7) is 0. The molecule has 0 aliphatic rings. The molecule has 0 N–H and O–H groups in total. The summed E-state index contributed by atoms with van der Waals surface area (Å²) >= 11 is 0. The molecular formula is C57H34N4O. The number of hydrogen-bond acceptors (Lipinski definition) is 4. The summed E-state index contributed by atoms with van der Waals surface area (Å²) in [5.41, 5.74) is 10.0. The average Bonchev–Trinajstić information content (AvgIpc) is 3.88. The van der Waals surface area contributed by atoms with Crippen LogP contribution in [0.2, 0.25) is 0 Å². The predicted octanol–water partition coefficient (Wildman–Crippen LogP) is 15.0. The van der Waals surface area contributed by atoms with Gasteiger partial charge in [0.2, 0.25) is 0 Å². The second-order valence-electron chi connectivity index (χ2n) is 16.0. The van der Waals surface area contributed by atoms with Crippen molar-refractivity contribution in [1.29, 1.82) is 0 Å². The molecule has 10 aromatic carbocycles. The van der Waals surface area contributed by atoms with Crippen LogP contribution in [0.15, 0.2) is 211 Å². The molecule has 0 bridgehead atoms. The standard InChI is InChI=1S/C57H34N4O/c1-2-14-37(15-3-1)49-34-51-54(47-19-9-8-18-44(47)49)48-20-10-11-21-50(48)61(51)43-27-29-46-45-28-26-42(32-52(45)62-53(46)33-43)57-59-55(40-24-22-35-12-4-6-16-38(35)30-40)58-56(60-57)41-25-23-36-13-5-7-17-39(36)31-41/h1-34H. The summed E-state index contributed by atoms with van der Waals surface area (Å²) in [6.07, 6.45) is 0. The second-order valence-corrected chi connectivity index (χ2v) is 16.0. The van der Waals surface area contributed by atoms with Crippen LogP contribution in [-0.4, -0.2) is 19.5 Å². The van der Waals surface area contributed by atoms with Crippen LogP contribution in [0.5, 0.6) is 0 Å². The van der Waals surface area contributed by atoms with E-state index in [1.54, 1.807) is 0 Å². The first-order chi connectivity index (χ1) is 30.7. The molecule has 288 valence electrons. The minimum absolute atomic E-state index is 0.584. The molecule has 13 rings (SSSR count). The Hall–Kier alpha value is -8.41. The van der Waals surface area contributed by atoms with Crippen molar-refractivity contribution in [3.05, 3.63) is 206 Å². The molecule has 62 heavy (non-hydrogen) atoms. The molecule has 0 amide bonds. The summed E-state index contributed by atoms with van der Waals surface area (Å²) in [6, 6.07) is 72.9. The summed E-state index contributed by atoms with van der Waals surface area (Å²) in [4.78, 5) is 15.3. The Kier molecular flexibility index (Phi) is 7.54. The highest BCUT2D eigenvalue weighted by molar-refractivity contribution is 6.24. The van der Waals surface area contributed by atoms with E-state index in [0.29, 0.717) is 17.5 Å². The quantitative estimate of drug-likeness (QED) is 0.174. The van der Waals surface area contributed by atoms with E-state index < -0.39 is 0 Å². The monoisotopic (exact) mass is 790 g/mol. The van der Waals surface area contributed by atoms with Gasteiger partial charge in [0.15, 0.2) is 17.5 Å². The van der Waals surface area contributed by atoms with E-state index in [2.05, 4.69) is 211 Å². The maximum atomic E-state index is 6.78. The Morgan fingerprint density at radius 1 is 0.323 bits per heavy atom. The first-order valence-corrected chi connectivity index (χ1v) is 20.9. The van der Waals surface area contributed by atoms with Gasteiger partial charge in [-0.15, -0.1) is 0 Å². The average molecular weight is 791 g/mol. The maximum absolute atomic E-state index is 6.78. The van der Waals surface area contributed by atoms with Gasteiger partial charge < -0.3 is 8.98 Å². The zero-order chi connectivity index (χ0) is 40.7. The van der Waals surface area contributed by atoms with Crippen LogP contribution in [0.3, 0.4) is 0 Å². The molecule has 3 heterocycles. The number of furan rings is 1. The highest BCUT2D eigenvalue weighted by Crippen LogP contribution is 2.42. The second kappa shape index (κ2) is 13.6. The largest absolute Gasteiger partial charge is 0.456 e. The molecule has 0 aliphatic heterocycles. The lowest BCUT2D eigenvalue weighted by Gasteiger charge is -2.12. The minimum atomic E-state index is 0.584. The van der Waals surface area contributed by atoms with Crippen molar-refractivity contribution in [2.75, 3.05) is 0 Å².